The summed E-state index contributed by atoms with van der Waals surface area (Å²) >= 11 is 5.13. The van der Waals surface area contributed by atoms with Crippen molar-refractivity contribution < 1.29 is 14.7 Å². The number of nitrogens with zero attached hydrogens (tertiary/aromatic N) is 2. The largest absolute Gasteiger partial charge is 0.444 e. The zero-order chi connectivity index (χ0) is 17.2. The van der Waals surface area contributed by atoms with Gasteiger partial charge < -0.3 is 14.8 Å². The number of oxime groups is 1. The van der Waals surface area contributed by atoms with E-state index in [1.807, 2.05) is 33.1 Å². The molecule has 0 unspecified atom stereocenters. The Morgan fingerprint density at radius 1 is 1.43 bits per heavy atom. The monoisotopic (exact) mass is 402 g/mol. The van der Waals surface area contributed by atoms with E-state index in [0.717, 1.165) is 27.8 Å². The molecule has 0 bridgehead atoms. The van der Waals surface area contributed by atoms with Crippen molar-refractivity contribution >= 4 is 39.1 Å². The number of carbonyl (C=O) groups excluding carboxylic acids is 1. The van der Waals surface area contributed by atoms with Crippen molar-refractivity contribution in [2.24, 2.45) is 11.1 Å². The van der Waals surface area contributed by atoms with Gasteiger partial charge in [0, 0.05) is 23.5 Å². The Morgan fingerprint density at radius 2 is 2.04 bits per heavy atom. The fraction of sp³-hybridized carbons (Fsp3) is 0.625. The molecule has 5 nitrogen and oxygen atoms in total. The third kappa shape index (κ3) is 4.47. The van der Waals surface area contributed by atoms with Crippen molar-refractivity contribution in [3.8, 4) is 0 Å². The number of hydrogen-bond acceptors (Lipinski definition) is 5. The second-order valence-corrected chi connectivity index (χ2v) is 8.46. The highest BCUT2D eigenvalue weighted by molar-refractivity contribution is 9.10. The van der Waals surface area contributed by atoms with E-state index in [-0.39, 0.29) is 12.0 Å². The van der Waals surface area contributed by atoms with Gasteiger partial charge in [0.05, 0.1) is 4.88 Å². The van der Waals surface area contributed by atoms with Gasteiger partial charge in [0.1, 0.15) is 11.3 Å². The lowest BCUT2D eigenvalue weighted by atomic mass is 9.91. The van der Waals surface area contributed by atoms with Crippen molar-refractivity contribution in [3.05, 3.63) is 20.3 Å². The summed E-state index contributed by atoms with van der Waals surface area (Å²) in [5.41, 5.74) is 1.36. The summed E-state index contributed by atoms with van der Waals surface area (Å²) in [7, 11) is 0. The van der Waals surface area contributed by atoms with Crippen molar-refractivity contribution in [1.82, 2.24) is 4.90 Å². The van der Waals surface area contributed by atoms with E-state index in [2.05, 4.69) is 21.1 Å². The van der Waals surface area contributed by atoms with Crippen LogP contribution in [0.15, 0.2) is 15.0 Å². The van der Waals surface area contributed by atoms with Crippen molar-refractivity contribution in [2.75, 3.05) is 13.1 Å². The second kappa shape index (κ2) is 7.21. The molecule has 1 aromatic rings. The van der Waals surface area contributed by atoms with Crippen LogP contribution in [0.2, 0.25) is 0 Å². The van der Waals surface area contributed by atoms with Crippen LogP contribution in [0.5, 0.6) is 0 Å². The molecule has 1 fully saturated rings. The van der Waals surface area contributed by atoms with Crippen molar-refractivity contribution in [3.63, 3.8) is 0 Å². The molecule has 2 heterocycles. The highest BCUT2D eigenvalue weighted by atomic mass is 79.9. The quantitative estimate of drug-likeness (QED) is 0.444. The smallest absolute Gasteiger partial charge is 0.410 e. The molecule has 1 aromatic heterocycles. The Hall–Kier alpha value is -1.08. The lowest BCUT2D eigenvalue weighted by molar-refractivity contribution is 0.0201. The number of halogens is 1. The number of amides is 1. The highest BCUT2D eigenvalue weighted by Crippen LogP contribution is 2.33. The minimum Gasteiger partial charge on any atom is -0.444 e. The van der Waals surface area contributed by atoms with Gasteiger partial charge in [-0.3, -0.25) is 0 Å². The minimum absolute atomic E-state index is 0.146. The zero-order valence-electron chi connectivity index (χ0n) is 13.9. The lowest BCUT2D eigenvalue weighted by Gasteiger charge is -2.33. The Morgan fingerprint density at radius 3 is 2.48 bits per heavy atom. The second-order valence-electron chi connectivity index (χ2n) is 6.79. The van der Waals surface area contributed by atoms with Crippen LogP contribution in [0.3, 0.4) is 0 Å². The van der Waals surface area contributed by atoms with Crippen LogP contribution < -0.4 is 0 Å². The summed E-state index contributed by atoms with van der Waals surface area (Å²) in [5.74, 6) is 0.146. The molecule has 2 rings (SSSR count). The molecule has 1 N–H and O–H groups in total. The number of hydrogen-bond donors (Lipinski definition) is 1. The lowest BCUT2D eigenvalue weighted by Crippen LogP contribution is -2.43. The van der Waals surface area contributed by atoms with E-state index in [4.69, 9.17) is 4.74 Å². The van der Waals surface area contributed by atoms with E-state index < -0.39 is 5.60 Å². The first-order chi connectivity index (χ1) is 10.7. The summed E-state index contributed by atoms with van der Waals surface area (Å²) in [6.45, 7) is 8.84. The summed E-state index contributed by atoms with van der Waals surface area (Å²) in [6, 6.07) is 0. The van der Waals surface area contributed by atoms with Crippen LogP contribution >= 0.6 is 27.3 Å². The molecular formula is C16H23BrN2O3S. The molecule has 1 saturated heterocycles. The summed E-state index contributed by atoms with van der Waals surface area (Å²) in [6.07, 6.45) is 1.26. The first-order valence-electron chi connectivity index (χ1n) is 7.66. The molecule has 23 heavy (non-hydrogen) atoms. The van der Waals surface area contributed by atoms with Crippen LogP contribution in [0.1, 0.15) is 44.1 Å². The summed E-state index contributed by atoms with van der Waals surface area (Å²) in [4.78, 5) is 14.8. The fourth-order valence-electron chi connectivity index (χ4n) is 2.58. The van der Waals surface area contributed by atoms with Gasteiger partial charge in [0.15, 0.2) is 0 Å². The maximum Gasteiger partial charge on any atom is 0.410 e. The van der Waals surface area contributed by atoms with Gasteiger partial charge in [0.25, 0.3) is 0 Å². The van der Waals surface area contributed by atoms with Gasteiger partial charge in [-0.2, -0.15) is 0 Å². The first-order valence-corrected chi connectivity index (χ1v) is 9.34. The SMILES string of the molecule is Cc1csc(/C(=N/O)C2CCN(C(=O)OC(C)(C)C)CC2)c1Br. The number of piperidine rings is 1. The molecule has 128 valence electrons. The van der Waals surface area contributed by atoms with Crippen LogP contribution in [0, 0.1) is 12.8 Å². The molecular weight excluding hydrogens is 380 g/mol. The average Bonchev–Trinajstić information content (AvgIpc) is 2.79. The highest BCUT2D eigenvalue weighted by Gasteiger charge is 2.31. The maximum atomic E-state index is 12.1. The molecule has 0 aliphatic carbocycles. The molecule has 0 spiro atoms. The van der Waals surface area contributed by atoms with Crippen LogP contribution in [0.4, 0.5) is 4.79 Å². The molecule has 1 aliphatic rings. The molecule has 0 aromatic carbocycles. The normalized spacial score (nSPS) is 17.4. The van der Waals surface area contributed by atoms with Crippen molar-refractivity contribution in [1.29, 1.82) is 0 Å². The Balaban J connectivity index is 2.01. The molecule has 0 atom stereocenters. The number of likely N-dealkylation sites (tertiary alicyclic amines) is 1. The first kappa shape index (κ1) is 18.3. The zero-order valence-corrected chi connectivity index (χ0v) is 16.3. The van der Waals surface area contributed by atoms with Crippen molar-refractivity contribution in [2.45, 2.75) is 46.1 Å². The molecule has 0 saturated carbocycles. The summed E-state index contributed by atoms with van der Waals surface area (Å²) in [5, 5.41) is 15.1. The van der Waals surface area contributed by atoms with E-state index in [0.29, 0.717) is 18.8 Å². The van der Waals surface area contributed by atoms with Gasteiger partial charge in [0.2, 0.25) is 0 Å². The number of ether oxygens (including phenoxy) is 1. The van der Waals surface area contributed by atoms with E-state index >= 15 is 0 Å². The summed E-state index contributed by atoms with van der Waals surface area (Å²) < 4.78 is 6.40. The third-order valence-corrected chi connectivity index (χ3v) is 6.18. The molecule has 0 radical (unpaired) electrons. The molecule has 7 heteroatoms. The topological polar surface area (TPSA) is 62.1 Å². The van der Waals surface area contributed by atoms with Gasteiger partial charge >= 0.3 is 6.09 Å². The number of rotatable bonds is 2. The predicted octanol–water partition coefficient (Wildman–Crippen LogP) is 4.64. The standard InChI is InChI=1S/C16H23BrN2O3S/c1-10-9-23-14(12(10)17)13(18-21)11-5-7-19(8-6-11)15(20)22-16(2,3)4/h9,11,21H,5-8H2,1-4H3/b18-13+. The fourth-order valence-corrected chi connectivity index (χ4v) is 4.33. The number of carbonyl (C=O) groups is 1. The van der Waals surface area contributed by atoms with E-state index in [1.54, 1.807) is 16.2 Å². The molecule has 1 amide bonds. The predicted molar refractivity (Wildman–Crippen MR) is 95.6 cm³/mol. The Labute approximate surface area is 149 Å². The third-order valence-electron chi connectivity index (χ3n) is 3.77. The van der Waals surface area contributed by atoms with Gasteiger partial charge in [-0.1, -0.05) is 5.16 Å². The van der Waals surface area contributed by atoms with E-state index in [1.165, 1.54) is 0 Å². The average molecular weight is 403 g/mol. The van der Waals surface area contributed by atoms with Gasteiger partial charge in [-0.05, 0) is 67.4 Å². The van der Waals surface area contributed by atoms with Gasteiger partial charge in [-0.25, -0.2) is 4.79 Å². The van der Waals surface area contributed by atoms with Crippen LogP contribution in [0.25, 0.3) is 0 Å². The number of thiophene rings is 1. The van der Waals surface area contributed by atoms with Crippen LogP contribution in [-0.2, 0) is 4.74 Å². The minimum atomic E-state index is -0.481. The maximum absolute atomic E-state index is 12.1. The van der Waals surface area contributed by atoms with Gasteiger partial charge in [-0.15, -0.1) is 11.3 Å². The molecule has 1 aliphatic heterocycles. The Bertz CT molecular complexity index is 599. The Kier molecular flexibility index (Phi) is 5.73. The van der Waals surface area contributed by atoms with Crippen LogP contribution in [-0.4, -0.2) is 40.6 Å². The number of aryl methyl sites for hydroxylation is 1. The van der Waals surface area contributed by atoms with E-state index in [9.17, 15) is 10.0 Å².